The van der Waals surface area contributed by atoms with Gasteiger partial charge in [-0.1, -0.05) is 44.2 Å². The van der Waals surface area contributed by atoms with Gasteiger partial charge in [-0.15, -0.1) is 0 Å². The number of fused-ring (bicyclic) bond motifs is 1. The number of likely N-dealkylation sites (tertiary alicyclic amines) is 1. The minimum atomic E-state index is 0.107. The summed E-state index contributed by atoms with van der Waals surface area (Å²) < 4.78 is 2.01. The molecule has 1 saturated heterocycles. The lowest BCUT2D eigenvalue weighted by Crippen LogP contribution is -2.37. The van der Waals surface area contributed by atoms with Gasteiger partial charge in [-0.2, -0.15) is 4.98 Å². The van der Waals surface area contributed by atoms with E-state index in [2.05, 4.69) is 76.6 Å². The predicted molar refractivity (Wildman–Crippen MR) is 143 cm³/mol. The van der Waals surface area contributed by atoms with Crippen LogP contribution in [0, 0.1) is 5.92 Å². The fourth-order valence-corrected chi connectivity index (χ4v) is 4.95. The number of benzene rings is 2. The molecule has 35 heavy (non-hydrogen) atoms. The van der Waals surface area contributed by atoms with Crippen molar-refractivity contribution in [2.45, 2.75) is 45.7 Å². The highest BCUT2D eigenvalue weighted by Gasteiger charge is 2.24. The summed E-state index contributed by atoms with van der Waals surface area (Å²) in [4.78, 5) is 16.5. The molecule has 0 radical (unpaired) electrons. The van der Waals surface area contributed by atoms with Crippen molar-refractivity contribution >= 4 is 22.7 Å². The molecule has 0 amide bonds. The Hall–Kier alpha value is -3.45. The van der Waals surface area contributed by atoms with Gasteiger partial charge in [-0.25, -0.2) is 9.97 Å². The minimum absolute atomic E-state index is 0.107. The van der Waals surface area contributed by atoms with E-state index in [4.69, 9.17) is 4.98 Å². The third kappa shape index (κ3) is 5.46. The first-order valence-electron chi connectivity index (χ1n) is 12.7. The van der Waals surface area contributed by atoms with Crippen LogP contribution in [0.15, 0.2) is 67.1 Å². The van der Waals surface area contributed by atoms with Crippen molar-refractivity contribution in [3.05, 3.63) is 72.7 Å². The largest absolute Gasteiger partial charge is 0.383 e. The Morgan fingerprint density at radius 2 is 1.89 bits per heavy atom. The Kier molecular flexibility index (Phi) is 6.95. The van der Waals surface area contributed by atoms with E-state index in [1.165, 1.54) is 31.5 Å². The molecule has 1 aliphatic rings. The van der Waals surface area contributed by atoms with Crippen molar-refractivity contribution in [1.82, 2.24) is 24.4 Å². The summed E-state index contributed by atoms with van der Waals surface area (Å²) in [6.07, 6.45) is 6.18. The summed E-state index contributed by atoms with van der Waals surface area (Å²) >= 11 is 0. The summed E-state index contributed by atoms with van der Waals surface area (Å²) in [5.41, 5.74) is 4.28. The van der Waals surface area contributed by atoms with Crippen molar-refractivity contribution in [3.63, 3.8) is 0 Å². The number of nitrogens with one attached hydrogen (secondary N) is 2. The van der Waals surface area contributed by atoms with Gasteiger partial charge in [0.25, 0.3) is 0 Å². The average Bonchev–Trinajstić information content (AvgIpc) is 3.49. The van der Waals surface area contributed by atoms with Gasteiger partial charge in [0, 0.05) is 31.0 Å². The van der Waals surface area contributed by atoms with Gasteiger partial charge in [0.05, 0.1) is 17.1 Å². The number of nitrogens with zero attached hydrogens (tertiary/aromatic N) is 5. The molecule has 2 unspecified atom stereocenters. The second kappa shape index (κ2) is 10.4. The second-order valence-corrected chi connectivity index (χ2v) is 9.90. The molecule has 1 fully saturated rings. The summed E-state index contributed by atoms with van der Waals surface area (Å²) in [6, 6.07) is 19.3. The van der Waals surface area contributed by atoms with E-state index in [0.717, 1.165) is 29.1 Å². The van der Waals surface area contributed by atoms with Crippen LogP contribution < -0.4 is 10.6 Å². The van der Waals surface area contributed by atoms with Gasteiger partial charge < -0.3 is 10.6 Å². The molecule has 0 bridgehead atoms. The first-order chi connectivity index (χ1) is 17.1. The molecule has 2 atom stereocenters. The van der Waals surface area contributed by atoms with Gasteiger partial charge in [-0.3, -0.25) is 9.47 Å². The van der Waals surface area contributed by atoms with Crippen LogP contribution in [0.3, 0.4) is 0 Å². The first-order valence-corrected chi connectivity index (χ1v) is 12.7. The zero-order chi connectivity index (χ0) is 24.2. The maximum absolute atomic E-state index is 4.75. The quantitative estimate of drug-likeness (QED) is 0.336. The lowest BCUT2D eigenvalue weighted by atomic mass is 10.1. The fraction of sp³-hybridized carbons (Fsp3) is 0.393. The van der Waals surface area contributed by atoms with Crippen LogP contribution in [0.25, 0.3) is 16.9 Å². The summed E-state index contributed by atoms with van der Waals surface area (Å²) in [7, 11) is 0. The lowest BCUT2D eigenvalue weighted by molar-refractivity contribution is 0.234. The molecule has 0 saturated carbocycles. The van der Waals surface area contributed by atoms with Gasteiger partial charge >= 0.3 is 0 Å². The van der Waals surface area contributed by atoms with Crippen LogP contribution >= 0.6 is 0 Å². The van der Waals surface area contributed by atoms with E-state index in [-0.39, 0.29) is 6.04 Å². The standard InChI is InChI=1S/C28H35N7/c1-20(2)18-34-15-7-10-24(34)17-30-23-11-12-26-25(16-23)31-19-35(26)27-13-14-29-28(33-27)32-21(3)22-8-5-4-6-9-22/h4-6,8-9,11-14,16,19-21,24,30H,7,10,15,17-18H2,1-3H3,(H,29,32,33). The molecular formula is C28H35N7. The molecular weight excluding hydrogens is 434 g/mol. The van der Waals surface area contributed by atoms with Crippen LogP contribution in [0.4, 0.5) is 11.6 Å². The fourth-order valence-electron chi connectivity index (χ4n) is 4.95. The third-order valence-electron chi connectivity index (χ3n) is 6.72. The number of rotatable bonds is 9. The summed E-state index contributed by atoms with van der Waals surface area (Å²) in [6.45, 7) is 10.1. The Bertz CT molecular complexity index is 1250. The number of hydrogen-bond donors (Lipinski definition) is 2. The smallest absolute Gasteiger partial charge is 0.225 e. The van der Waals surface area contributed by atoms with E-state index < -0.39 is 0 Å². The molecule has 0 spiro atoms. The molecule has 2 aromatic heterocycles. The molecule has 0 aliphatic carbocycles. The topological polar surface area (TPSA) is 70.9 Å². The zero-order valence-corrected chi connectivity index (χ0v) is 20.9. The molecule has 4 aromatic rings. The van der Waals surface area contributed by atoms with Gasteiger partial charge in [0.1, 0.15) is 12.1 Å². The van der Waals surface area contributed by atoms with Crippen molar-refractivity contribution in [3.8, 4) is 5.82 Å². The van der Waals surface area contributed by atoms with Gasteiger partial charge in [0.2, 0.25) is 5.95 Å². The zero-order valence-electron chi connectivity index (χ0n) is 20.9. The molecule has 5 rings (SSSR count). The molecule has 2 N–H and O–H groups in total. The molecule has 1 aliphatic heterocycles. The van der Waals surface area contributed by atoms with Gasteiger partial charge in [0.15, 0.2) is 0 Å². The third-order valence-corrected chi connectivity index (χ3v) is 6.72. The first kappa shape index (κ1) is 23.3. The van der Waals surface area contributed by atoms with Crippen molar-refractivity contribution < 1.29 is 0 Å². The Morgan fingerprint density at radius 1 is 1.03 bits per heavy atom. The Morgan fingerprint density at radius 3 is 2.71 bits per heavy atom. The molecule has 182 valence electrons. The normalized spacial score (nSPS) is 17.2. The Balaban J connectivity index is 1.28. The maximum Gasteiger partial charge on any atom is 0.225 e. The number of imidazole rings is 1. The highest BCUT2D eigenvalue weighted by molar-refractivity contribution is 5.81. The minimum Gasteiger partial charge on any atom is -0.383 e. The molecule has 2 aromatic carbocycles. The van der Waals surface area contributed by atoms with Crippen LogP contribution in [0.2, 0.25) is 0 Å². The van der Waals surface area contributed by atoms with Crippen molar-refractivity contribution in [2.24, 2.45) is 5.92 Å². The highest BCUT2D eigenvalue weighted by Crippen LogP contribution is 2.24. The van der Waals surface area contributed by atoms with E-state index in [0.29, 0.717) is 17.9 Å². The number of anilines is 2. The van der Waals surface area contributed by atoms with Gasteiger partial charge in [-0.05, 0) is 62.1 Å². The number of aromatic nitrogens is 4. The average molecular weight is 470 g/mol. The monoisotopic (exact) mass is 469 g/mol. The van der Waals surface area contributed by atoms with E-state index in [1.54, 1.807) is 6.20 Å². The predicted octanol–water partition coefficient (Wildman–Crippen LogP) is 5.52. The maximum atomic E-state index is 4.75. The molecule has 7 nitrogen and oxygen atoms in total. The van der Waals surface area contributed by atoms with Crippen LogP contribution in [0.1, 0.15) is 45.2 Å². The summed E-state index contributed by atoms with van der Waals surface area (Å²) in [5.74, 6) is 2.10. The van der Waals surface area contributed by atoms with Crippen LogP contribution in [-0.4, -0.2) is 50.1 Å². The SMILES string of the molecule is CC(C)CN1CCCC1CNc1ccc2c(c1)ncn2-c1ccnc(NC(C)c2ccccc2)n1. The second-order valence-electron chi connectivity index (χ2n) is 9.90. The number of hydrogen-bond acceptors (Lipinski definition) is 6. The van der Waals surface area contributed by atoms with E-state index in [9.17, 15) is 0 Å². The molecule has 7 heteroatoms. The van der Waals surface area contributed by atoms with Crippen LogP contribution in [0.5, 0.6) is 0 Å². The van der Waals surface area contributed by atoms with Crippen LogP contribution in [-0.2, 0) is 0 Å². The van der Waals surface area contributed by atoms with Crippen molar-refractivity contribution in [1.29, 1.82) is 0 Å². The highest BCUT2D eigenvalue weighted by atomic mass is 15.2. The summed E-state index contributed by atoms with van der Waals surface area (Å²) in [5, 5.41) is 7.06. The van der Waals surface area contributed by atoms with E-state index >= 15 is 0 Å². The van der Waals surface area contributed by atoms with Crippen molar-refractivity contribution in [2.75, 3.05) is 30.3 Å². The Labute approximate surface area is 207 Å². The molecule has 3 heterocycles. The lowest BCUT2D eigenvalue weighted by Gasteiger charge is -2.26. The van der Waals surface area contributed by atoms with E-state index in [1.807, 2.05) is 35.2 Å².